The number of pyridine rings is 1. The normalized spacial score (nSPS) is 11.0. The molecule has 1 heterocycles. The average Bonchev–Trinajstić information content (AvgIpc) is 2.99. The first-order chi connectivity index (χ1) is 19.6. The quantitative estimate of drug-likeness (QED) is 0.111. The Morgan fingerprint density at radius 1 is 0.750 bits per heavy atom. The van der Waals surface area contributed by atoms with Gasteiger partial charge in [-0.2, -0.15) is 4.57 Å². The molecule has 0 atom stereocenters. The van der Waals surface area contributed by atoms with Gasteiger partial charge in [-0.05, 0) is 61.7 Å². The Hall–Kier alpha value is -3.14. The highest BCUT2D eigenvalue weighted by Crippen LogP contribution is 2.24. The Morgan fingerprint density at radius 2 is 1.38 bits per heavy atom. The largest absolute Gasteiger partial charge is 0.494 e. The lowest BCUT2D eigenvalue weighted by Crippen LogP contribution is -2.44. The summed E-state index contributed by atoms with van der Waals surface area (Å²) < 4.78 is 8.08. The molecule has 3 rings (SSSR count). The van der Waals surface area contributed by atoms with Crippen LogP contribution in [0.2, 0.25) is 0 Å². The molecule has 0 aliphatic heterocycles. The van der Waals surface area contributed by atoms with E-state index < -0.39 is 0 Å². The lowest BCUT2D eigenvalue weighted by Gasteiger charge is -2.23. The number of nitrogens with zero attached hydrogens (tertiary/aromatic N) is 2. The minimum Gasteiger partial charge on any atom is -0.494 e. The summed E-state index contributed by atoms with van der Waals surface area (Å²) in [6.07, 6.45) is 18.1. The molecule has 216 valence electrons. The molecule has 0 N–H and O–H groups in total. The molecule has 0 fully saturated rings. The average molecular weight is 544 g/mol. The summed E-state index contributed by atoms with van der Waals surface area (Å²) in [6, 6.07) is 22.0. The van der Waals surface area contributed by atoms with Crippen LogP contribution in [0.15, 0.2) is 72.9 Å². The molecule has 2 aromatic carbocycles. The maximum atomic E-state index is 13.7. The van der Waals surface area contributed by atoms with E-state index in [9.17, 15) is 4.79 Å². The predicted molar refractivity (Wildman–Crippen MR) is 167 cm³/mol. The molecule has 0 spiro atoms. The number of anilines is 1. The van der Waals surface area contributed by atoms with Crippen molar-refractivity contribution in [3.63, 3.8) is 0 Å². The van der Waals surface area contributed by atoms with Gasteiger partial charge in [0.2, 0.25) is 0 Å². The molecule has 40 heavy (non-hydrogen) atoms. The third kappa shape index (κ3) is 10.4. The van der Waals surface area contributed by atoms with Crippen molar-refractivity contribution in [1.29, 1.82) is 0 Å². The standard InChI is InChI=1S/C36H51N2O2/c1-4-6-7-8-9-10-11-12-13-14-15-21-28-40-34-26-25-32(31(3)29-34)30-38(33-22-17-16-18-23-33)36(39)35-24-19-20-27-37(35)5-2/h16-20,22-27,29H,4-15,21,28,30H2,1-3H3/q+1. The van der Waals surface area contributed by atoms with Crippen LogP contribution < -0.4 is 14.2 Å². The second-order valence-corrected chi connectivity index (χ2v) is 10.9. The fraction of sp³-hybridized carbons (Fsp3) is 0.500. The fourth-order valence-electron chi connectivity index (χ4n) is 5.21. The number of unbranched alkanes of at least 4 members (excludes halogenated alkanes) is 11. The Labute approximate surface area is 243 Å². The zero-order valence-electron chi connectivity index (χ0n) is 25.2. The number of para-hydroxylation sites is 1. The minimum absolute atomic E-state index is 0.000324. The highest BCUT2D eigenvalue weighted by atomic mass is 16.5. The highest BCUT2D eigenvalue weighted by molar-refractivity contribution is 6.03. The number of aryl methyl sites for hydroxylation is 2. The summed E-state index contributed by atoms with van der Waals surface area (Å²) in [4.78, 5) is 15.6. The molecular weight excluding hydrogens is 492 g/mol. The number of ether oxygens (including phenoxy) is 1. The van der Waals surface area contributed by atoms with Gasteiger partial charge in [-0.3, -0.25) is 9.69 Å². The SMILES string of the molecule is CCCCCCCCCCCCCCOc1ccc(CN(C(=O)c2cccc[n+]2CC)c2ccccc2)c(C)c1. The zero-order valence-corrected chi connectivity index (χ0v) is 25.2. The van der Waals surface area contributed by atoms with Crippen molar-refractivity contribution in [3.05, 3.63) is 89.7 Å². The molecule has 1 aromatic heterocycles. The maximum Gasteiger partial charge on any atom is 0.323 e. The van der Waals surface area contributed by atoms with E-state index in [4.69, 9.17) is 4.74 Å². The Kier molecular flexibility index (Phi) is 14.3. The number of rotatable bonds is 19. The number of hydrogen-bond acceptors (Lipinski definition) is 2. The molecule has 0 aliphatic rings. The van der Waals surface area contributed by atoms with E-state index in [1.165, 1.54) is 70.6 Å². The summed E-state index contributed by atoms with van der Waals surface area (Å²) >= 11 is 0. The summed E-state index contributed by atoms with van der Waals surface area (Å²) in [7, 11) is 0. The molecule has 0 bridgehead atoms. The van der Waals surface area contributed by atoms with E-state index in [1.807, 2.05) is 70.3 Å². The number of benzene rings is 2. The smallest absolute Gasteiger partial charge is 0.323 e. The van der Waals surface area contributed by atoms with Gasteiger partial charge >= 0.3 is 5.91 Å². The van der Waals surface area contributed by atoms with Crippen molar-refractivity contribution >= 4 is 11.6 Å². The van der Waals surface area contributed by atoms with Crippen LogP contribution in [-0.4, -0.2) is 12.5 Å². The van der Waals surface area contributed by atoms with Gasteiger partial charge in [-0.1, -0.05) is 102 Å². The van der Waals surface area contributed by atoms with Crippen LogP contribution in [0.1, 0.15) is 113 Å². The van der Waals surface area contributed by atoms with Gasteiger partial charge in [-0.15, -0.1) is 0 Å². The Bertz CT molecular complexity index is 1130. The highest BCUT2D eigenvalue weighted by Gasteiger charge is 2.26. The minimum atomic E-state index is 0.000324. The third-order valence-electron chi connectivity index (χ3n) is 7.72. The summed E-state index contributed by atoms with van der Waals surface area (Å²) in [5, 5.41) is 0. The second kappa shape index (κ2) is 18.3. The predicted octanol–water partition coefficient (Wildman–Crippen LogP) is 9.23. The monoisotopic (exact) mass is 543 g/mol. The summed E-state index contributed by atoms with van der Waals surface area (Å²) in [6.45, 7) is 8.45. The molecule has 3 aromatic rings. The van der Waals surface area contributed by atoms with Crippen molar-refractivity contribution in [2.24, 2.45) is 0 Å². The van der Waals surface area contributed by atoms with E-state index in [0.717, 1.165) is 42.1 Å². The van der Waals surface area contributed by atoms with E-state index in [1.54, 1.807) is 0 Å². The topological polar surface area (TPSA) is 33.4 Å². The van der Waals surface area contributed by atoms with Crippen molar-refractivity contribution in [2.75, 3.05) is 11.5 Å². The van der Waals surface area contributed by atoms with Gasteiger partial charge in [0.05, 0.1) is 13.2 Å². The summed E-state index contributed by atoms with van der Waals surface area (Å²) in [5.74, 6) is 0.911. The molecule has 4 nitrogen and oxygen atoms in total. The maximum absolute atomic E-state index is 13.7. The van der Waals surface area contributed by atoms with Gasteiger partial charge in [0.1, 0.15) is 12.3 Å². The third-order valence-corrected chi connectivity index (χ3v) is 7.72. The molecule has 0 aliphatic carbocycles. The van der Waals surface area contributed by atoms with Gasteiger partial charge in [0, 0.05) is 17.8 Å². The molecule has 4 heteroatoms. The molecule has 0 radical (unpaired) electrons. The second-order valence-electron chi connectivity index (χ2n) is 10.9. The zero-order chi connectivity index (χ0) is 28.4. The van der Waals surface area contributed by atoms with E-state index in [2.05, 4.69) is 32.9 Å². The van der Waals surface area contributed by atoms with Gasteiger partial charge in [0.15, 0.2) is 6.20 Å². The fourth-order valence-corrected chi connectivity index (χ4v) is 5.21. The van der Waals surface area contributed by atoms with Gasteiger partial charge < -0.3 is 4.74 Å². The molecule has 0 saturated heterocycles. The molecular formula is C36H51N2O2+. The van der Waals surface area contributed by atoms with Crippen LogP contribution in [0.5, 0.6) is 5.75 Å². The lowest BCUT2D eigenvalue weighted by molar-refractivity contribution is -0.695. The molecule has 0 unspecified atom stereocenters. The van der Waals surface area contributed by atoms with Crippen molar-refractivity contribution in [2.45, 2.75) is 111 Å². The van der Waals surface area contributed by atoms with E-state index >= 15 is 0 Å². The van der Waals surface area contributed by atoms with E-state index in [0.29, 0.717) is 12.2 Å². The number of amides is 1. The van der Waals surface area contributed by atoms with Gasteiger partial charge in [-0.25, -0.2) is 0 Å². The molecule has 0 saturated carbocycles. The van der Waals surface area contributed by atoms with Crippen molar-refractivity contribution in [1.82, 2.24) is 0 Å². The molecule has 1 amide bonds. The first-order valence-corrected chi connectivity index (χ1v) is 15.7. The first kappa shape index (κ1) is 31.4. The van der Waals surface area contributed by atoms with Crippen LogP contribution in [0.3, 0.4) is 0 Å². The van der Waals surface area contributed by atoms with Crippen LogP contribution in [0.25, 0.3) is 0 Å². The van der Waals surface area contributed by atoms with Crippen LogP contribution in [-0.2, 0) is 13.1 Å². The van der Waals surface area contributed by atoms with Crippen LogP contribution in [0, 0.1) is 6.92 Å². The Balaban J connectivity index is 1.46. The first-order valence-electron chi connectivity index (χ1n) is 15.7. The lowest BCUT2D eigenvalue weighted by atomic mass is 10.1. The number of carbonyl (C=O) groups excluding carboxylic acids is 1. The number of aromatic nitrogens is 1. The van der Waals surface area contributed by atoms with Gasteiger partial charge in [0.25, 0.3) is 5.69 Å². The van der Waals surface area contributed by atoms with E-state index in [-0.39, 0.29) is 5.91 Å². The van der Waals surface area contributed by atoms with Crippen molar-refractivity contribution < 1.29 is 14.1 Å². The van der Waals surface area contributed by atoms with Crippen LogP contribution in [0.4, 0.5) is 5.69 Å². The Morgan fingerprint density at radius 3 is 2.00 bits per heavy atom. The van der Waals surface area contributed by atoms with Crippen molar-refractivity contribution in [3.8, 4) is 5.75 Å². The number of carbonyl (C=O) groups is 1. The summed E-state index contributed by atoms with van der Waals surface area (Å²) in [5.41, 5.74) is 3.84. The van der Waals surface area contributed by atoms with Crippen LogP contribution >= 0.6 is 0 Å². The number of hydrogen-bond donors (Lipinski definition) is 0.